The number of carbonyl (C=O) groups is 1. The Kier molecular flexibility index (Phi) is 5.03. The molecule has 0 saturated heterocycles. The molecule has 0 radical (unpaired) electrons. The number of Topliss-reactive ketones (excluding diaryl/α,β-unsaturated/α-hetero) is 1. The zero-order chi connectivity index (χ0) is 20.7. The standard InChI is InChI=1S/C23H26O6/c1-12(2)5-6-13-16(24)8-7-14-22(25)21-15-9-18(26-3)19(27-4)10-17(15)28-11-20(21)29-23(13)14/h7-10,12,20-21,24H,5-6,11H2,1-4H3/t20-,21+/m1/s1. The van der Waals surface area contributed by atoms with Crippen LogP contribution in [0.3, 0.4) is 0 Å². The molecule has 2 aromatic carbocycles. The number of carbonyl (C=O) groups excluding carboxylic acids is 1. The van der Waals surface area contributed by atoms with Gasteiger partial charge in [-0.1, -0.05) is 13.8 Å². The van der Waals surface area contributed by atoms with Gasteiger partial charge in [0.15, 0.2) is 17.3 Å². The monoisotopic (exact) mass is 398 g/mol. The van der Waals surface area contributed by atoms with E-state index in [4.69, 9.17) is 18.9 Å². The molecule has 6 heteroatoms. The lowest BCUT2D eigenvalue weighted by molar-refractivity contribution is 0.0552. The highest BCUT2D eigenvalue weighted by Crippen LogP contribution is 2.48. The maximum absolute atomic E-state index is 13.5. The summed E-state index contributed by atoms with van der Waals surface area (Å²) in [5.74, 6) is 2.30. The maximum atomic E-state index is 13.5. The number of methoxy groups -OCH3 is 2. The van der Waals surface area contributed by atoms with Crippen molar-refractivity contribution in [2.75, 3.05) is 20.8 Å². The molecule has 0 saturated carbocycles. The zero-order valence-corrected chi connectivity index (χ0v) is 17.2. The third kappa shape index (κ3) is 3.26. The molecule has 2 heterocycles. The second kappa shape index (κ2) is 7.50. The molecule has 0 spiro atoms. The van der Waals surface area contributed by atoms with Gasteiger partial charge in [-0.05, 0) is 37.0 Å². The predicted octanol–water partition coefficient (Wildman–Crippen LogP) is 4.12. The third-order valence-corrected chi connectivity index (χ3v) is 5.65. The van der Waals surface area contributed by atoms with Crippen LogP contribution in [0.1, 0.15) is 47.7 Å². The number of fused-ring (bicyclic) bond motifs is 4. The molecule has 6 nitrogen and oxygen atoms in total. The summed E-state index contributed by atoms with van der Waals surface area (Å²) in [5, 5.41) is 10.4. The fourth-order valence-electron chi connectivity index (χ4n) is 4.06. The van der Waals surface area contributed by atoms with Crippen LogP contribution in [0.2, 0.25) is 0 Å². The van der Waals surface area contributed by atoms with Gasteiger partial charge in [0.1, 0.15) is 30.0 Å². The minimum atomic E-state index is -0.492. The molecule has 0 amide bonds. The number of phenolic OH excluding ortho intramolecular Hbond substituents is 1. The molecule has 29 heavy (non-hydrogen) atoms. The normalized spacial score (nSPS) is 19.6. The van der Waals surface area contributed by atoms with Crippen LogP contribution in [-0.4, -0.2) is 37.8 Å². The summed E-state index contributed by atoms with van der Waals surface area (Å²) in [6, 6.07) is 6.78. The van der Waals surface area contributed by atoms with Crippen molar-refractivity contribution in [2.24, 2.45) is 5.92 Å². The van der Waals surface area contributed by atoms with E-state index in [0.717, 1.165) is 12.0 Å². The van der Waals surface area contributed by atoms with E-state index < -0.39 is 12.0 Å². The van der Waals surface area contributed by atoms with E-state index in [1.807, 2.05) is 0 Å². The Morgan fingerprint density at radius 3 is 2.59 bits per heavy atom. The fourth-order valence-corrected chi connectivity index (χ4v) is 4.06. The maximum Gasteiger partial charge on any atom is 0.178 e. The van der Waals surface area contributed by atoms with Gasteiger partial charge in [0.2, 0.25) is 0 Å². The number of hydrogen-bond acceptors (Lipinski definition) is 6. The number of aromatic hydroxyl groups is 1. The number of hydrogen-bond donors (Lipinski definition) is 1. The summed E-state index contributed by atoms with van der Waals surface area (Å²) in [4.78, 5) is 13.5. The van der Waals surface area contributed by atoms with Crippen molar-refractivity contribution in [1.82, 2.24) is 0 Å². The second-order valence-corrected chi connectivity index (χ2v) is 7.93. The first-order chi connectivity index (χ1) is 13.9. The first kappa shape index (κ1) is 19.4. The van der Waals surface area contributed by atoms with Crippen LogP contribution in [0.25, 0.3) is 0 Å². The highest BCUT2D eigenvalue weighted by molar-refractivity contribution is 6.05. The van der Waals surface area contributed by atoms with E-state index in [9.17, 15) is 9.90 Å². The average Bonchev–Trinajstić information content (AvgIpc) is 2.71. The van der Waals surface area contributed by atoms with Crippen molar-refractivity contribution in [3.8, 4) is 28.7 Å². The zero-order valence-electron chi connectivity index (χ0n) is 17.2. The minimum absolute atomic E-state index is 0.0289. The van der Waals surface area contributed by atoms with Crippen LogP contribution in [0.15, 0.2) is 24.3 Å². The number of benzene rings is 2. The molecule has 0 fully saturated rings. The smallest absolute Gasteiger partial charge is 0.178 e. The molecule has 2 atom stereocenters. The Morgan fingerprint density at radius 2 is 1.90 bits per heavy atom. The van der Waals surface area contributed by atoms with Crippen LogP contribution >= 0.6 is 0 Å². The summed E-state index contributed by atoms with van der Waals surface area (Å²) >= 11 is 0. The fraction of sp³-hybridized carbons (Fsp3) is 0.435. The third-order valence-electron chi connectivity index (χ3n) is 5.65. The molecule has 4 rings (SSSR count). The van der Waals surface area contributed by atoms with Crippen LogP contribution < -0.4 is 18.9 Å². The molecule has 2 aromatic rings. The number of ether oxygens (including phenoxy) is 4. The Morgan fingerprint density at radius 1 is 1.17 bits per heavy atom. The number of ketones is 1. The largest absolute Gasteiger partial charge is 0.508 e. The Labute approximate surface area is 170 Å². The second-order valence-electron chi connectivity index (χ2n) is 7.93. The van der Waals surface area contributed by atoms with Crippen LogP contribution in [-0.2, 0) is 6.42 Å². The van der Waals surface area contributed by atoms with Crippen LogP contribution in [0.4, 0.5) is 0 Å². The molecule has 0 aromatic heterocycles. The molecule has 2 aliphatic rings. The van der Waals surface area contributed by atoms with Gasteiger partial charge in [-0.25, -0.2) is 0 Å². The summed E-state index contributed by atoms with van der Waals surface area (Å²) in [5.41, 5.74) is 1.93. The lowest BCUT2D eigenvalue weighted by Crippen LogP contribution is -2.43. The van der Waals surface area contributed by atoms with Crippen molar-refractivity contribution in [1.29, 1.82) is 0 Å². The van der Waals surface area contributed by atoms with Gasteiger partial charge in [-0.15, -0.1) is 0 Å². The highest BCUT2D eigenvalue weighted by Gasteiger charge is 2.44. The van der Waals surface area contributed by atoms with E-state index in [-0.39, 0.29) is 18.1 Å². The predicted molar refractivity (Wildman–Crippen MR) is 108 cm³/mol. The molecule has 0 bridgehead atoms. The van der Waals surface area contributed by atoms with Gasteiger partial charge >= 0.3 is 0 Å². The van der Waals surface area contributed by atoms with E-state index in [2.05, 4.69) is 13.8 Å². The topological polar surface area (TPSA) is 74.2 Å². The summed E-state index contributed by atoms with van der Waals surface area (Å²) in [6.45, 7) is 4.50. The van der Waals surface area contributed by atoms with E-state index in [1.165, 1.54) is 0 Å². The summed E-state index contributed by atoms with van der Waals surface area (Å²) in [7, 11) is 3.12. The minimum Gasteiger partial charge on any atom is -0.508 e. The van der Waals surface area contributed by atoms with E-state index in [1.54, 1.807) is 38.5 Å². The van der Waals surface area contributed by atoms with Gasteiger partial charge in [-0.2, -0.15) is 0 Å². The van der Waals surface area contributed by atoms with Crippen molar-refractivity contribution < 1.29 is 28.8 Å². The van der Waals surface area contributed by atoms with Crippen molar-refractivity contribution >= 4 is 5.78 Å². The molecule has 0 aliphatic carbocycles. The molecular formula is C23H26O6. The lowest BCUT2D eigenvalue weighted by atomic mass is 9.81. The van der Waals surface area contributed by atoms with Crippen molar-refractivity contribution in [3.05, 3.63) is 41.0 Å². The number of phenols is 1. The van der Waals surface area contributed by atoms with E-state index >= 15 is 0 Å². The Hall–Kier alpha value is -2.89. The quantitative estimate of drug-likeness (QED) is 0.817. The van der Waals surface area contributed by atoms with Gasteiger partial charge in [0.05, 0.1) is 25.7 Å². The summed E-state index contributed by atoms with van der Waals surface area (Å²) < 4.78 is 22.9. The van der Waals surface area contributed by atoms with Gasteiger partial charge in [0.25, 0.3) is 0 Å². The molecule has 1 N–H and O–H groups in total. The van der Waals surface area contributed by atoms with Crippen LogP contribution in [0.5, 0.6) is 28.7 Å². The van der Waals surface area contributed by atoms with Crippen molar-refractivity contribution in [3.63, 3.8) is 0 Å². The molecule has 154 valence electrons. The van der Waals surface area contributed by atoms with E-state index in [0.29, 0.717) is 46.5 Å². The van der Waals surface area contributed by atoms with Gasteiger partial charge < -0.3 is 24.1 Å². The molecule has 2 aliphatic heterocycles. The van der Waals surface area contributed by atoms with Crippen molar-refractivity contribution in [2.45, 2.75) is 38.7 Å². The molecule has 0 unspecified atom stereocenters. The van der Waals surface area contributed by atoms with Gasteiger partial charge in [0, 0.05) is 17.2 Å². The number of rotatable bonds is 5. The first-order valence-electron chi connectivity index (χ1n) is 9.89. The Balaban J connectivity index is 1.77. The van der Waals surface area contributed by atoms with Gasteiger partial charge in [-0.3, -0.25) is 4.79 Å². The SMILES string of the molecule is COc1cc2c(cc1OC)[C@@H]1C(=O)c3ccc(O)c(CCC(C)C)c3O[C@@H]1CO2. The Bertz CT molecular complexity index is 949. The first-order valence-corrected chi connectivity index (χ1v) is 9.89. The summed E-state index contributed by atoms with van der Waals surface area (Å²) in [6.07, 6.45) is 1.09. The highest BCUT2D eigenvalue weighted by atomic mass is 16.5. The molecular weight excluding hydrogens is 372 g/mol. The van der Waals surface area contributed by atoms with Crippen LogP contribution in [0, 0.1) is 5.92 Å². The lowest BCUT2D eigenvalue weighted by Gasteiger charge is -2.38. The average molecular weight is 398 g/mol.